The minimum absolute atomic E-state index is 0.0209. The van der Waals surface area contributed by atoms with Crippen molar-refractivity contribution in [1.82, 2.24) is 14.5 Å². The fourth-order valence-electron chi connectivity index (χ4n) is 3.52. The molecule has 1 atom stereocenters. The zero-order valence-corrected chi connectivity index (χ0v) is 16.4. The lowest BCUT2D eigenvalue weighted by Crippen LogP contribution is -2.45. The highest BCUT2D eigenvalue weighted by Gasteiger charge is 2.42. The summed E-state index contributed by atoms with van der Waals surface area (Å²) in [7, 11) is -3.07. The van der Waals surface area contributed by atoms with Gasteiger partial charge in [-0.2, -0.15) is 0 Å². The zero-order valence-electron chi connectivity index (χ0n) is 14.0. The van der Waals surface area contributed by atoms with Gasteiger partial charge in [-0.1, -0.05) is 15.9 Å². The van der Waals surface area contributed by atoms with Crippen LogP contribution in [0.5, 0.6) is 0 Å². The van der Waals surface area contributed by atoms with Crippen LogP contribution in [0.4, 0.5) is 0 Å². The number of rotatable bonds is 4. The van der Waals surface area contributed by atoms with E-state index in [1.165, 1.54) is 10.9 Å². The number of hydrogen-bond acceptors (Lipinski definition) is 5. The molecule has 0 unspecified atom stereocenters. The number of carbonyl (C=O) groups excluding carboxylic acids is 1. The number of benzene rings is 1. The molecule has 1 aromatic heterocycles. The molecule has 2 aliphatic rings. The molecule has 138 valence electrons. The average Bonchev–Trinajstić information content (AvgIpc) is 3.34. The molecular weight excluding hydrogens is 422 g/mol. The van der Waals surface area contributed by atoms with Gasteiger partial charge in [-0.05, 0) is 37.5 Å². The molecule has 2 heterocycles. The molecule has 4 rings (SSSR count). The lowest BCUT2D eigenvalue weighted by Gasteiger charge is -2.28. The van der Waals surface area contributed by atoms with E-state index in [1.807, 2.05) is 0 Å². The van der Waals surface area contributed by atoms with Crippen molar-refractivity contribution in [2.24, 2.45) is 0 Å². The first-order chi connectivity index (χ1) is 12.3. The minimum atomic E-state index is -3.07. The van der Waals surface area contributed by atoms with E-state index in [2.05, 4.69) is 20.9 Å². The summed E-state index contributed by atoms with van der Waals surface area (Å²) in [6.07, 6.45) is 3.63. The summed E-state index contributed by atoms with van der Waals surface area (Å²) in [4.78, 5) is 31.5. The Morgan fingerprint density at radius 3 is 2.69 bits per heavy atom. The summed E-state index contributed by atoms with van der Waals surface area (Å²) >= 11 is 3.34. The monoisotopic (exact) mass is 439 g/mol. The first kappa shape index (κ1) is 17.7. The van der Waals surface area contributed by atoms with Crippen molar-refractivity contribution in [3.05, 3.63) is 39.4 Å². The van der Waals surface area contributed by atoms with E-state index in [9.17, 15) is 18.0 Å². The van der Waals surface area contributed by atoms with Crippen molar-refractivity contribution in [1.29, 1.82) is 0 Å². The van der Waals surface area contributed by atoms with Gasteiger partial charge in [0.15, 0.2) is 9.84 Å². The first-order valence-electron chi connectivity index (χ1n) is 8.50. The van der Waals surface area contributed by atoms with E-state index in [-0.39, 0.29) is 41.6 Å². The second-order valence-electron chi connectivity index (χ2n) is 6.93. The van der Waals surface area contributed by atoms with E-state index in [1.54, 1.807) is 23.1 Å². The highest BCUT2D eigenvalue weighted by Crippen LogP contribution is 2.32. The van der Waals surface area contributed by atoms with Crippen LogP contribution in [-0.2, 0) is 21.2 Å². The number of carbonyl (C=O) groups is 1. The van der Waals surface area contributed by atoms with Crippen molar-refractivity contribution in [3.8, 4) is 0 Å². The Morgan fingerprint density at radius 1 is 1.27 bits per heavy atom. The fourth-order valence-corrected chi connectivity index (χ4v) is 5.60. The van der Waals surface area contributed by atoms with Gasteiger partial charge in [0.1, 0.15) is 6.54 Å². The van der Waals surface area contributed by atoms with Gasteiger partial charge in [0.25, 0.3) is 5.56 Å². The second kappa shape index (κ2) is 6.45. The highest BCUT2D eigenvalue weighted by atomic mass is 79.9. The molecule has 0 bridgehead atoms. The van der Waals surface area contributed by atoms with Crippen LogP contribution >= 0.6 is 15.9 Å². The maximum absolute atomic E-state index is 12.9. The van der Waals surface area contributed by atoms with Gasteiger partial charge in [-0.15, -0.1) is 0 Å². The third-order valence-corrected chi connectivity index (χ3v) is 7.17. The zero-order chi connectivity index (χ0) is 18.5. The number of halogens is 1. The normalized spacial score (nSPS) is 21.8. The largest absolute Gasteiger partial charge is 0.334 e. The predicted octanol–water partition coefficient (Wildman–Crippen LogP) is 1.34. The fraction of sp³-hybridized carbons (Fsp3) is 0.471. The lowest BCUT2D eigenvalue weighted by atomic mass is 10.2. The molecule has 1 saturated heterocycles. The Kier molecular flexibility index (Phi) is 4.38. The number of amides is 1. The smallest absolute Gasteiger partial charge is 0.261 e. The summed E-state index contributed by atoms with van der Waals surface area (Å²) in [6.45, 7) is -0.124. The molecular formula is C17H18BrN3O4S. The first-order valence-corrected chi connectivity index (χ1v) is 11.1. The molecule has 1 aliphatic heterocycles. The predicted molar refractivity (Wildman–Crippen MR) is 101 cm³/mol. The summed E-state index contributed by atoms with van der Waals surface area (Å²) in [5.74, 6) is -0.0694. The second-order valence-corrected chi connectivity index (χ2v) is 10.1. The summed E-state index contributed by atoms with van der Waals surface area (Å²) in [5, 5.41) is 0.441. The number of nitrogens with zero attached hydrogens (tertiary/aromatic N) is 3. The molecule has 2 aromatic rings. The van der Waals surface area contributed by atoms with Crippen LogP contribution < -0.4 is 5.56 Å². The van der Waals surface area contributed by atoms with Gasteiger partial charge < -0.3 is 4.90 Å². The van der Waals surface area contributed by atoms with Crippen LogP contribution in [0.1, 0.15) is 19.3 Å². The van der Waals surface area contributed by atoms with Gasteiger partial charge >= 0.3 is 0 Å². The Morgan fingerprint density at radius 2 is 2.04 bits per heavy atom. The van der Waals surface area contributed by atoms with E-state index in [0.29, 0.717) is 17.3 Å². The molecule has 7 nitrogen and oxygen atoms in total. The van der Waals surface area contributed by atoms with Crippen LogP contribution in [0.15, 0.2) is 33.8 Å². The summed E-state index contributed by atoms with van der Waals surface area (Å²) < 4.78 is 25.7. The standard InChI is InChI=1S/C17H18BrN3O4S/c18-11-1-4-15-14(7-11)17(23)20(10-19-15)8-16(22)21(12-2-3-12)13-5-6-26(24,25)9-13/h1,4,7,10,12-13H,2-3,5-6,8-9H2/t13-/m1/s1. The molecule has 1 saturated carbocycles. The van der Waals surface area contributed by atoms with Crippen LogP contribution in [0.2, 0.25) is 0 Å². The summed E-state index contributed by atoms with van der Waals surface area (Å²) in [5.41, 5.74) is 0.294. The molecule has 0 spiro atoms. The van der Waals surface area contributed by atoms with Gasteiger partial charge in [0, 0.05) is 16.6 Å². The van der Waals surface area contributed by atoms with Crippen LogP contribution in [0.3, 0.4) is 0 Å². The van der Waals surface area contributed by atoms with E-state index in [0.717, 1.165) is 17.3 Å². The highest BCUT2D eigenvalue weighted by molar-refractivity contribution is 9.10. The van der Waals surface area contributed by atoms with Crippen molar-refractivity contribution < 1.29 is 13.2 Å². The van der Waals surface area contributed by atoms with Gasteiger partial charge in [0.2, 0.25) is 5.91 Å². The average molecular weight is 440 g/mol. The molecule has 1 amide bonds. The van der Waals surface area contributed by atoms with Crippen molar-refractivity contribution >= 4 is 42.6 Å². The van der Waals surface area contributed by atoms with Crippen molar-refractivity contribution in [3.63, 3.8) is 0 Å². The van der Waals surface area contributed by atoms with E-state index < -0.39 is 9.84 Å². The Bertz CT molecular complexity index is 1050. The van der Waals surface area contributed by atoms with E-state index >= 15 is 0 Å². The molecule has 1 aliphatic carbocycles. The topological polar surface area (TPSA) is 89.3 Å². The maximum Gasteiger partial charge on any atom is 0.261 e. The number of fused-ring (bicyclic) bond motifs is 1. The molecule has 1 aromatic carbocycles. The van der Waals surface area contributed by atoms with Crippen molar-refractivity contribution in [2.75, 3.05) is 11.5 Å². The third kappa shape index (κ3) is 3.42. The quantitative estimate of drug-likeness (QED) is 0.716. The van der Waals surface area contributed by atoms with Crippen LogP contribution in [-0.4, -0.2) is 52.4 Å². The number of sulfone groups is 1. The minimum Gasteiger partial charge on any atom is -0.334 e. The molecule has 0 radical (unpaired) electrons. The Balaban J connectivity index is 1.61. The van der Waals surface area contributed by atoms with Crippen LogP contribution in [0, 0.1) is 0 Å². The van der Waals surface area contributed by atoms with E-state index in [4.69, 9.17) is 0 Å². The molecule has 26 heavy (non-hydrogen) atoms. The Labute approximate surface area is 159 Å². The van der Waals surface area contributed by atoms with Crippen LogP contribution in [0.25, 0.3) is 10.9 Å². The molecule has 0 N–H and O–H groups in total. The van der Waals surface area contributed by atoms with Gasteiger partial charge in [0.05, 0.1) is 28.7 Å². The Hall–Kier alpha value is -1.74. The SMILES string of the molecule is O=C(Cn1cnc2ccc(Br)cc2c1=O)N(C1CC1)[C@@H]1CCS(=O)(=O)C1. The third-order valence-electron chi connectivity index (χ3n) is 4.92. The number of hydrogen-bond donors (Lipinski definition) is 0. The number of aromatic nitrogens is 2. The lowest BCUT2D eigenvalue weighted by molar-refractivity contribution is -0.134. The molecule has 9 heteroatoms. The van der Waals surface area contributed by atoms with Gasteiger partial charge in [-0.3, -0.25) is 14.2 Å². The summed E-state index contributed by atoms with van der Waals surface area (Å²) in [6, 6.07) is 5.05. The molecule has 2 fully saturated rings. The van der Waals surface area contributed by atoms with Gasteiger partial charge in [-0.25, -0.2) is 13.4 Å². The van der Waals surface area contributed by atoms with Crippen molar-refractivity contribution in [2.45, 2.75) is 37.9 Å². The maximum atomic E-state index is 12.9.